The quantitative estimate of drug-likeness (QED) is 0.822. The van der Waals surface area contributed by atoms with Gasteiger partial charge in [-0.1, -0.05) is 19.1 Å². The number of nitriles is 2. The van der Waals surface area contributed by atoms with Gasteiger partial charge in [0, 0.05) is 0 Å². The van der Waals surface area contributed by atoms with Gasteiger partial charge < -0.3 is 4.74 Å². The predicted octanol–water partition coefficient (Wildman–Crippen LogP) is 4.37. The van der Waals surface area contributed by atoms with E-state index in [4.69, 9.17) is 15.3 Å². The van der Waals surface area contributed by atoms with Gasteiger partial charge in [-0.3, -0.25) is 0 Å². The first kappa shape index (κ1) is 13.6. The Hall–Kier alpha value is -2.78. The van der Waals surface area contributed by atoms with Crippen LogP contribution < -0.4 is 4.74 Å². The molecule has 0 saturated carbocycles. The van der Waals surface area contributed by atoms with Crippen LogP contribution >= 0.6 is 0 Å². The summed E-state index contributed by atoms with van der Waals surface area (Å²) in [6.45, 7) is 1.99. The lowest BCUT2D eigenvalue weighted by Crippen LogP contribution is -1.94. The van der Waals surface area contributed by atoms with E-state index >= 15 is 0 Å². The first-order valence-electron chi connectivity index (χ1n) is 6.44. The van der Waals surface area contributed by atoms with Crippen LogP contribution in [-0.2, 0) is 0 Å². The van der Waals surface area contributed by atoms with Crippen LogP contribution in [0.15, 0.2) is 48.5 Å². The van der Waals surface area contributed by atoms with Crippen LogP contribution in [0.4, 0.5) is 0 Å². The second kappa shape index (κ2) is 6.41. The van der Waals surface area contributed by atoms with Gasteiger partial charge in [-0.05, 0) is 48.4 Å². The molecule has 0 aliphatic heterocycles. The molecule has 1 atom stereocenters. The molecule has 0 aliphatic rings. The van der Waals surface area contributed by atoms with Crippen LogP contribution in [0.5, 0.6) is 11.5 Å². The van der Waals surface area contributed by atoms with Crippen molar-refractivity contribution < 1.29 is 4.74 Å². The number of ether oxygens (including phenoxy) is 1. The predicted molar refractivity (Wildman–Crippen MR) is 76.3 cm³/mol. The molecule has 98 valence electrons. The van der Waals surface area contributed by atoms with E-state index < -0.39 is 0 Å². The molecule has 1 unspecified atom stereocenters. The van der Waals surface area contributed by atoms with Crippen molar-refractivity contribution in [1.29, 1.82) is 10.5 Å². The maximum Gasteiger partial charge on any atom is 0.127 e. The highest BCUT2D eigenvalue weighted by Crippen LogP contribution is 2.26. The lowest BCUT2D eigenvalue weighted by atomic mass is 9.98. The van der Waals surface area contributed by atoms with Crippen molar-refractivity contribution in [3.63, 3.8) is 0 Å². The highest BCUT2D eigenvalue weighted by atomic mass is 16.5. The third-order valence-corrected chi connectivity index (χ3v) is 3.04. The van der Waals surface area contributed by atoms with E-state index in [-0.39, 0.29) is 5.92 Å². The van der Waals surface area contributed by atoms with Crippen LogP contribution in [-0.4, -0.2) is 0 Å². The van der Waals surface area contributed by atoms with Crippen molar-refractivity contribution in [2.24, 2.45) is 0 Å². The van der Waals surface area contributed by atoms with E-state index in [2.05, 4.69) is 12.1 Å². The fraction of sp³-hybridized carbons (Fsp3) is 0.176. The van der Waals surface area contributed by atoms with Gasteiger partial charge in [-0.2, -0.15) is 10.5 Å². The summed E-state index contributed by atoms with van der Waals surface area (Å²) in [5, 5.41) is 17.8. The largest absolute Gasteiger partial charge is 0.457 e. The molecule has 3 heteroatoms. The molecule has 0 spiro atoms. The molecule has 0 bridgehead atoms. The molecule has 0 N–H and O–H groups in total. The molecule has 0 saturated heterocycles. The molecule has 0 aliphatic carbocycles. The molecular formula is C17H14N2O. The average molecular weight is 262 g/mol. The molecule has 0 aromatic heterocycles. The van der Waals surface area contributed by atoms with Gasteiger partial charge in [0.1, 0.15) is 11.5 Å². The Bertz CT molecular complexity index is 663. The maximum absolute atomic E-state index is 9.10. The summed E-state index contributed by atoms with van der Waals surface area (Å²) in [5.74, 6) is 1.26. The Balaban J connectivity index is 2.19. The van der Waals surface area contributed by atoms with Gasteiger partial charge in [0.2, 0.25) is 0 Å². The van der Waals surface area contributed by atoms with Crippen molar-refractivity contribution in [3.05, 3.63) is 59.7 Å². The normalized spacial score (nSPS) is 11.2. The standard InChI is InChI=1S/C17H14N2O/c1-2-14(12-19)15-4-3-5-17(10-15)20-16-8-6-13(11-18)7-9-16/h3-10,14H,2H2,1H3. The fourth-order valence-electron chi connectivity index (χ4n) is 1.93. The van der Waals surface area contributed by atoms with Gasteiger partial charge in [0.25, 0.3) is 0 Å². The zero-order valence-corrected chi connectivity index (χ0v) is 11.2. The second-order valence-electron chi connectivity index (χ2n) is 4.40. The highest BCUT2D eigenvalue weighted by molar-refractivity contribution is 5.39. The first-order chi connectivity index (χ1) is 9.76. The summed E-state index contributed by atoms with van der Waals surface area (Å²) in [6, 6.07) is 18.8. The number of hydrogen-bond acceptors (Lipinski definition) is 3. The molecule has 20 heavy (non-hydrogen) atoms. The highest BCUT2D eigenvalue weighted by Gasteiger charge is 2.08. The van der Waals surface area contributed by atoms with E-state index in [9.17, 15) is 0 Å². The molecular weight excluding hydrogens is 248 g/mol. The van der Waals surface area contributed by atoms with Gasteiger partial charge in [0.05, 0.1) is 23.6 Å². The van der Waals surface area contributed by atoms with Crippen LogP contribution in [0.2, 0.25) is 0 Å². The molecule has 2 aromatic rings. The molecule has 2 rings (SSSR count). The number of nitrogens with zero attached hydrogens (tertiary/aromatic N) is 2. The van der Waals surface area contributed by atoms with E-state index in [0.29, 0.717) is 17.1 Å². The van der Waals surface area contributed by atoms with E-state index in [1.54, 1.807) is 24.3 Å². The summed E-state index contributed by atoms with van der Waals surface area (Å²) in [5.41, 5.74) is 1.56. The Kier molecular flexibility index (Phi) is 4.37. The van der Waals surface area contributed by atoms with Crippen LogP contribution in [0, 0.1) is 22.7 Å². The topological polar surface area (TPSA) is 56.8 Å². The smallest absolute Gasteiger partial charge is 0.127 e. The molecule has 0 fully saturated rings. The Morgan fingerprint density at radius 2 is 1.80 bits per heavy atom. The van der Waals surface area contributed by atoms with Crippen molar-refractivity contribution >= 4 is 0 Å². The third kappa shape index (κ3) is 3.16. The average Bonchev–Trinajstić information content (AvgIpc) is 2.50. The molecule has 2 aromatic carbocycles. The maximum atomic E-state index is 9.10. The van der Waals surface area contributed by atoms with Gasteiger partial charge in [-0.15, -0.1) is 0 Å². The summed E-state index contributed by atoms with van der Waals surface area (Å²) in [7, 11) is 0. The minimum absolute atomic E-state index is 0.112. The number of benzene rings is 2. The second-order valence-corrected chi connectivity index (χ2v) is 4.40. The fourth-order valence-corrected chi connectivity index (χ4v) is 1.93. The Morgan fingerprint density at radius 3 is 2.40 bits per heavy atom. The van der Waals surface area contributed by atoms with Crippen molar-refractivity contribution in [1.82, 2.24) is 0 Å². The van der Waals surface area contributed by atoms with E-state index in [0.717, 1.165) is 12.0 Å². The number of rotatable bonds is 4. The lowest BCUT2D eigenvalue weighted by Gasteiger charge is -2.10. The lowest BCUT2D eigenvalue weighted by molar-refractivity contribution is 0.481. The Labute approximate surface area is 118 Å². The zero-order chi connectivity index (χ0) is 14.4. The summed E-state index contributed by atoms with van der Waals surface area (Å²) < 4.78 is 5.74. The van der Waals surface area contributed by atoms with Crippen molar-refractivity contribution in [2.45, 2.75) is 19.3 Å². The monoisotopic (exact) mass is 262 g/mol. The first-order valence-corrected chi connectivity index (χ1v) is 6.44. The minimum atomic E-state index is -0.112. The van der Waals surface area contributed by atoms with E-state index in [1.807, 2.05) is 31.2 Å². The van der Waals surface area contributed by atoms with Crippen LogP contribution in [0.1, 0.15) is 30.4 Å². The minimum Gasteiger partial charge on any atom is -0.457 e. The van der Waals surface area contributed by atoms with Gasteiger partial charge in [0.15, 0.2) is 0 Å². The molecule has 0 radical (unpaired) electrons. The molecule has 0 heterocycles. The Morgan fingerprint density at radius 1 is 1.05 bits per heavy atom. The summed E-state index contributed by atoms with van der Waals surface area (Å²) in [4.78, 5) is 0. The van der Waals surface area contributed by atoms with Crippen molar-refractivity contribution in [2.75, 3.05) is 0 Å². The third-order valence-electron chi connectivity index (χ3n) is 3.04. The van der Waals surface area contributed by atoms with Crippen molar-refractivity contribution in [3.8, 4) is 23.6 Å². The van der Waals surface area contributed by atoms with E-state index in [1.165, 1.54) is 0 Å². The van der Waals surface area contributed by atoms with Crippen LogP contribution in [0.3, 0.4) is 0 Å². The van der Waals surface area contributed by atoms with Gasteiger partial charge in [-0.25, -0.2) is 0 Å². The van der Waals surface area contributed by atoms with Crippen LogP contribution in [0.25, 0.3) is 0 Å². The zero-order valence-electron chi connectivity index (χ0n) is 11.2. The van der Waals surface area contributed by atoms with Gasteiger partial charge >= 0.3 is 0 Å². The summed E-state index contributed by atoms with van der Waals surface area (Å²) in [6.07, 6.45) is 0.775. The SMILES string of the molecule is CCC(C#N)c1cccc(Oc2ccc(C#N)cc2)c1. The molecule has 0 amide bonds. The molecule has 3 nitrogen and oxygen atoms in total. The number of hydrogen-bond donors (Lipinski definition) is 0. The summed E-state index contributed by atoms with van der Waals surface area (Å²) >= 11 is 0.